The minimum atomic E-state index is -1.21. The van der Waals surface area contributed by atoms with Crippen LogP contribution in [0.25, 0.3) is 0 Å². The van der Waals surface area contributed by atoms with Gasteiger partial charge in [-0.3, -0.25) is 0 Å². The van der Waals surface area contributed by atoms with E-state index in [1.807, 2.05) is 24.3 Å². The van der Waals surface area contributed by atoms with Gasteiger partial charge in [-0.05, 0) is 58.5 Å². The molecular formula is C14H10FIO3. The quantitative estimate of drug-likeness (QED) is 0.833. The van der Waals surface area contributed by atoms with Gasteiger partial charge >= 0.3 is 5.97 Å². The van der Waals surface area contributed by atoms with Crippen LogP contribution in [0.2, 0.25) is 0 Å². The van der Waals surface area contributed by atoms with Crippen molar-refractivity contribution < 1.29 is 19.0 Å². The number of aromatic carboxylic acids is 1. The Kier molecular flexibility index (Phi) is 4.36. The molecule has 0 saturated carbocycles. The summed E-state index contributed by atoms with van der Waals surface area (Å²) in [5.74, 6) is -1.65. The van der Waals surface area contributed by atoms with Crippen LogP contribution in [-0.4, -0.2) is 11.1 Å². The molecule has 2 rings (SSSR count). The van der Waals surface area contributed by atoms with Crippen molar-refractivity contribution in [1.82, 2.24) is 0 Å². The minimum Gasteiger partial charge on any atom is -0.488 e. The third-order valence-electron chi connectivity index (χ3n) is 2.48. The number of halogens is 2. The first-order chi connectivity index (χ1) is 9.06. The van der Waals surface area contributed by atoms with Gasteiger partial charge in [0.2, 0.25) is 0 Å². The molecule has 0 fully saturated rings. The topological polar surface area (TPSA) is 46.5 Å². The van der Waals surface area contributed by atoms with Crippen LogP contribution >= 0.6 is 22.6 Å². The molecule has 0 atom stereocenters. The number of carboxylic acid groups (broad SMARTS) is 1. The van der Waals surface area contributed by atoms with Gasteiger partial charge in [0.1, 0.15) is 23.7 Å². The van der Waals surface area contributed by atoms with Crippen LogP contribution in [0.5, 0.6) is 5.75 Å². The SMILES string of the molecule is O=C(O)c1cc(F)ccc1OCc1ccc(I)cc1. The molecule has 0 aliphatic rings. The van der Waals surface area contributed by atoms with E-state index in [0.29, 0.717) is 0 Å². The van der Waals surface area contributed by atoms with E-state index in [2.05, 4.69) is 22.6 Å². The Morgan fingerprint density at radius 1 is 1.21 bits per heavy atom. The lowest BCUT2D eigenvalue weighted by Gasteiger charge is -2.09. The van der Waals surface area contributed by atoms with E-state index in [1.54, 1.807) is 0 Å². The van der Waals surface area contributed by atoms with E-state index in [4.69, 9.17) is 9.84 Å². The summed E-state index contributed by atoms with van der Waals surface area (Å²) in [4.78, 5) is 11.0. The fraction of sp³-hybridized carbons (Fsp3) is 0.0714. The van der Waals surface area contributed by atoms with Gasteiger partial charge in [0.25, 0.3) is 0 Å². The molecule has 0 spiro atoms. The van der Waals surface area contributed by atoms with E-state index >= 15 is 0 Å². The molecule has 0 aliphatic carbocycles. The maximum absolute atomic E-state index is 13.0. The maximum Gasteiger partial charge on any atom is 0.339 e. The Morgan fingerprint density at radius 3 is 2.53 bits per heavy atom. The molecule has 3 nitrogen and oxygen atoms in total. The summed E-state index contributed by atoms with van der Waals surface area (Å²) in [5, 5.41) is 8.98. The van der Waals surface area contributed by atoms with Crippen molar-refractivity contribution in [1.29, 1.82) is 0 Å². The molecule has 0 unspecified atom stereocenters. The number of ether oxygens (including phenoxy) is 1. The zero-order valence-corrected chi connectivity index (χ0v) is 11.9. The number of carbonyl (C=O) groups is 1. The third-order valence-corrected chi connectivity index (χ3v) is 3.20. The minimum absolute atomic E-state index is 0.160. The van der Waals surface area contributed by atoms with Crippen molar-refractivity contribution in [2.75, 3.05) is 0 Å². The molecule has 0 bridgehead atoms. The van der Waals surface area contributed by atoms with E-state index < -0.39 is 11.8 Å². The number of benzene rings is 2. The van der Waals surface area contributed by atoms with Crippen molar-refractivity contribution in [3.8, 4) is 5.75 Å². The molecule has 1 N–H and O–H groups in total. The molecule has 0 heterocycles. The van der Waals surface area contributed by atoms with E-state index in [1.165, 1.54) is 12.1 Å². The van der Waals surface area contributed by atoms with Gasteiger partial charge in [-0.25, -0.2) is 9.18 Å². The molecule has 0 saturated heterocycles. The van der Waals surface area contributed by atoms with Gasteiger partial charge in [-0.2, -0.15) is 0 Å². The first-order valence-electron chi connectivity index (χ1n) is 5.46. The van der Waals surface area contributed by atoms with Crippen LogP contribution in [0, 0.1) is 9.39 Å². The molecule has 2 aromatic rings. The lowest BCUT2D eigenvalue weighted by atomic mass is 10.2. The standard InChI is InChI=1S/C14H10FIO3/c15-10-3-6-13(12(7-10)14(17)18)19-8-9-1-4-11(16)5-2-9/h1-7H,8H2,(H,17,18). The molecule has 0 aliphatic heterocycles. The molecular weight excluding hydrogens is 362 g/mol. The summed E-state index contributed by atoms with van der Waals surface area (Å²) >= 11 is 2.19. The van der Waals surface area contributed by atoms with Gasteiger partial charge in [0.05, 0.1) is 0 Å². The van der Waals surface area contributed by atoms with E-state index in [0.717, 1.165) is 15.2 Å². The first kappa shape index (κ1) is 13.8. The lowest BCUT2D eigenvalue weighted by molar-refractivity contribution is 0.0691. The summed E-state index contributed by atoms with van der Waals surface area (Å²) in [6.45, 7) is 0.239. The van der Waals surface area contributed by atoms with Gasteiger partial charge in [0, 0.05) is 3.57 Å². The zero-order valence-electron chi connectivity index (χ0n) is 9.77. The summed E-state index contributed by atoms with van der Waals surface area (Å²) in [5.41, 5.74) is 0.742. The summed E-state index contributed by atoms with van der Waals surface area (Å²) in [6.07, 6.45) is 0. The second kappa shape index (κ2) is 6.01. The van der Waals surface area contributed by atoms with Gasteiger partial charge < -0.3 is 9.84 Å². The van der Waals surface area contributed by atoms with Crippen LogP contribution in [0.4, 0.5) is 4.39 Å². The number of rotatable bonds is 4. The molecule has 0 radical (unpaired) electrons. The number of hydrogen-bond donors (Lipinski definition) is 1. The highest BCUT2D eigenvalue weighted by Gasteiger charge is 2.12. The maximum atomic E-state index is 13.0. The average molecular weight is 372 g/mol. The van der Waals surface area contributed by atoms with Crippen molar-refractivity contribution in [2.24, 2.45) is 0 Å². The normalized spacial score (nSPS) is 10.2. The monoisotopic (exact) mass is 372 g/mol. The second-order valence-corrected chi connectivity index (χ2v) is 5.11. The molecule has 5 heteroatoms. The third kappa shape index (κ3) is 3.66. The lowest BCUT2D eigenvalue weighted by Crippen LogP contribution is -2.04. The van der Waals surface area contributed by atoms with E-state index in [-0.39, 0.29) is 17.9 Å². The molecule has 98 valence electrons. The van der Waals surface area contributed by atoms with Crippen LogP contribution in [0.3, 0.4) is 0 Å². The van der Waals surface area contributed by atoms with Gasteiger partial charge in [0.15, 0.2) is 0 Å². The summed E-state index contributed by atoms with van der Waals surface area (Å²) in [6, 6.07) is 11.1. The highest BCUT2D eigenvalue weighted by molar-refractivity contribution is 14.1. The van der Waals surface area contributed by atoms with Crippen molar-refractivity contribution in [3.63, 3.8) is 0 Å². The Bertz CT molecular complexity index is 596. The van der Waals surface area contributed by atoms with Crippen molar-refractivity contribution in [2.45, 2.75) is 6.61 Å². The van der Waals surface area contributed by atoms with Gasteiger partial charge in [-0.1, -0.05) is 12.1 Å². The highest BCUT2D eigenvalue weighted by atomic mass is 127. The van der Waals surface area contributed by atoms with Crippen LogP contribution in [0.15, 0.2) is 42.5 Å². The first-order valence-corrected chi connectivity index (χ1v) is 6.54. The Hall–Kier alpha value is -1.63. The van der Waals surface area contributed by atoms with E-state index in [9.17, 15) is 9.18 Å². The van der Waals surface area contributed by atoms with Crippen LogP contribution < -0.4 is 4.74 Å². The largest absolute Gasteiger partial charge is 0.488 e. The highest BCUT2D eigenvalue weighted by Crippen LogP contribution is 2.21. The molecule has 2 aromatic carbocycles. The Labute approximate surface area is 123 Å². The summed E-state index contributed by atoms with van der Waals surface area (Å²) < 4.78 is 19.5. The zero-order chi connectivity index (χ0) is 13.8. The predicted octanol–water partition coefficient (Wildman–Crippen LogP) is 3.71. The van der Waals surface area contributed by atoms with Crippen molar-refractivity contribution in [3.05, 3.63) is 63.0 Å². The number of carboxylic acids is 1. The summed E-state index contributed by atoms with van der Waals surface area (Å²) in [7, 11) is 0. The fourth-order valence-electron chi connectivity index (χ4n) is 1.54. The Balaban J connectivity index is 2.15. The van der Waals surface area contributed by atoms with Gasteiger partial charge in [-0.15, -0.1) is 0 Å². The fourth-order valence-corrected chi connectivity index (χ4v) is 1.90. The van der Waals surface area contributed by atoms with Crippen LogP contribution in [-0.2, 0) is 6.61 Å². The average Bonchev–Trinajstić information content (AvgIpc) is 2.39. The second-order valence-electron chi connectivity index (χ2n) is 3.86. The smallest absolute Gasteiger partial charge is 0.339 e. The Morgan fingerprint density at radius 2 is 1.89 bits per heavy atom. The molecule has 19 heavy (non-hydrogen) atoms. The predicted molar refractivity (Wildman–Crippen MR) is 76.9 cm³/mol. The number of hydrogen-bond acceptors (Lipinski definition) is 2. The van der Waals surface area contributed by atoms with Crippen molar-refractivity contribution >= 4 is 28.6 Å². The molecule has 0 amide bonds. The van der Waals surface area contributed by atoms with Crippen LogP contribution in [0.1, 0.15) is 15.9 Å². The molecule has 0 aromatic heterocycles.